The third kappa shape index (κ3) is 42.1. The molecule has 0 radical (unpaired) electrons. The molecule has 2 unspecified atom stereocenters. The first-order chi connectivity index (χ1) is 26.1. The predicted octanol–water partition coefficient (Wildman–Crippen LogP) is 12.6. The molecular weight excluding hydrogens is 697 g/mol. The summed E-state index contributed by atoms with van der Waals surface area (Å²) < 4.78 is 34.6. The van der Waals surface area contributed by atoms with Gasteiger partial charge in [0.1, 0.15) is 19.3 Å². The minimum atomic E-state index is -4.52. The van der Waals surface area contributed by atoms with Crippen molar-refractivity contribution in [1.82, 2.24) is 0 Å². The molecule has 0 saturated heterocycles. The van der Waals surface area contributed by atoms with E-state index in [-0.39, 0.29) is 25.8 Å². The van der Waals surface area contributed by atoms with E-state index in [1.54, 1.807) is 0 Å². The summed E-state index contributed by atoms with van der Waals surface area (Å²) in [5.41, 5.74) is 0. The molecule has 0 saturated carbocycles. The summed E-state index contributed by atoms with van der Waals surface area (Å²) in [5.74, 6) is -0.346. The predicted molar refractivity (Wildman–Crippen MR) is 227 cm³/mol. The molecule has 0 bridgehead atoms. The van der Waals surface area contributed by atoms with Crippen molar-refractivity contribution < 1.29 is 37.3 Å². The Morgan fingerprint density at radius 2 is 1.06 bits per heavy atom. The Morgan fingerprint density at radius 3 is 1.57 bits per heavy atom. The largest absolute Gasteiger partial charge is 0.756 e. The van der Waals surface area contributed by atoms with E-state index >= 15 is 0 Å². The molecule has 0 heterocycles. The Balaban J connectivity index is 4.17. The van der Waals surface area contributed by atoms with Crippen LogP contribution in [0.15, 0.2) is 24.3 Å². The lowest BCUT2D eigenvalue weighted by atomic mass is 10.0. The van der Waals surface area contributed by atoms with E-state index in [0.29, 0.717) is 24.1 Å². The lowest BCUT2D eigenvalue weighted by Gasteiger charge is -2.28. The van der Waals surface area contributed by atoms with Crippen LogP contribution >= 0.6 is 7.82 Å². The Bertz CT molecular complexity index is 920. The van der Waals surface area contributed by atoms with Gasteiger partial charge >= 0.3 is 5.97 Å². The molecule has 0 spiro atoms. The molecule has 54 heavy (non-hydrogen) atoms. The summed E-state index contributed by atoms with van der Waals surface area (Å²) in [6.45, 7) is 5.36. The third-order valence-corrected chi connectivity index (χ3v) is 10.7. The maximum absolute atomic E-state index is 12.6. The van der Waals surface area contributed by atoms with Gasteiger partial charge in [0.15, 0.2) is 0 Å². The van der Waals surface area contributed by atoms with E-state index in [1.165, 1.54) is 116 Å². The molecule has 0 rings (SSSR count). The van der Waals surface area contributed by atoms with E-state index < -0.39 is 13.9 Å². The zero-order chi connectivity index (χ0) is 39.9. The molecule has 0 amide bonds. The van der Waals surface area contributed by atoms with Crippen molar-refractivity contribution in [2.75, 3.05) is 54.1 Å². The monoisotopic (exact) mass is 786 g/mol. The number of unbranched alkanes of at least 4 members (excludes halogenated alkanes) is 24. The maximum atomic E-state index is 12.6. The molecule has 0 N–H and O–H groups in total. The van der Waals surface area contributed by atoms with E-state index in [4.69, 9.17) is 18.5 Å². The fraction of sp³-hybridized carbons (Fsp3) is 0.889. The van der Waals surface area contributed by atoms with E-state index in [2.05, 4.69) is 38.2 Å². The minimum Gasteiger partial charge on any atom is -0.756 e. The van der Waals surface area contributed by atoms with Crippen molar-refractivity contribution in [2.24, 2.45) is 0 Å². The molecule has 0 fully saturated rings. The fourth-order valence-electron chi connectivity index (χ4n) is 6.23. The SMILES string of the molecule is CCC/C=C\C/C=C\CCCCCCCC(=O)OC(COCCCCCCCCCCCCCCCCCCCCC)COP(=O)([O-])OCC[N+](C)(C)C. The molecular formula is C45H88NO7P. The van der Waals surface area contributed by atoms with Gasteiger partial charge in [0, 0.05) is 13.0 Å². The number of phosphoric acid groups is 1. The molecule has 0 aromatic rings. The third-order valence-electron chi connectivity index (χ3n) is 9.74. The van der Waals surface area contributed by atoms with Crippen LogP contribution in [0.25, 0.3) is 0 Å². The standard InChI is InChI=1S/C45H88NO7P/c1-6-8-10-12-14-16-18-20-21-22-23-24-25-27-29-31-33-35-37-40-50-42-44(43-52-54(48,49)51-41-39-46(3,4)5)53-45(47)38-36-34-32-30-28-26-19-17-15-13-11-9-7-2/h11,13,17,19,44H,6-10,12,14-16,18,20-43H2,1-5H3/b13-11-,19-17-. The van der Waals surface area contributed by atoms with Gasteiger partial charge in [-0.05, 0) is 38.5 Å². The first-order valence-electron chi connectivity index (χ1n) is 22.6. The van der Waals surface area contributed by atoms with Crippen LogP contribution in [0, 0.1) is 0 Å². The zero-order valence-corrected chi connectivity index (χ0v) is 37.1. The molecule has 2 atom stereocenters. The summed E-state index contributed by atoms with van der Waals surface area (Å²) in [7, 11) is 1.35. The van der Waals surface area contributed by atoms with Crippen molar-refractivity contribution >= 4 is 13.8 Å². The number of nitrogens with zero attached hydrogens (tertiary/aromatic N) is 1. The number of ether oxygens (including phenoxy) is 2. The van der Waals surface area contributed by atoms with Gasteiger partial charge in [-0.25, -0.2) is 0 Å². The first kappa shape index (κ1) is 53.0. The van der Waals surface area contributed by atoms with Crippen molar-refractivity contribution in [1.29, 1.82) is 0 Å². The summed E-state index contributed by atoms with van der Waals surface area (Å²) in [6.07, 6.45) is 43.3. The van der Waals surface area contributed by atoms with Gasteiger partial charge in [-0.3, -0.25) is 9.36 Å². The highest BCUT2D eigenvalue weighted by molar-refractivity contribution is 7.45. The van der Waals surface area contributed by atoms with Crippen LogP contribution in [0.2, 0.25) is 0 Å². The van der Waals surface area contributed by atoms with Gasteiger partial charge in [0.25, 0.3) is 7.82 Å². The van der Waals surface area contributed by atoms with E-state index in [9.17, 15) is 14.3 Å². The van der Waals surface area contributed by atoms with E-state index in [0.717, 1.165) is 64.2 Å². The van der Waals surface area contributed by atoms with Gasteiger partial charge in [-0.1, -0.05) is 179 Å². The van der Waals surface area contributed by atoms with Gasteiger partial charge in [-0.15, -0.1) is 0 Å². The molecule has 8 nitrogen and oxygen atoms in total. The molecule has 0 aliphatic carbocycles. The van der Waals surface area contributed by atoms with Crippen molar-refractivity contribution in [2.45, 2.75) is 206 Å². The number of likely N-dealkylation sites (N-methyl/N-ethyl adjacent to an activating group) is 1. The minimum absolute atomic E-state index is 0.0251. The average Bonchev–Trinajstić information content (AvgIpc) is 3.12. The molecule has 0 aliphatic heterocycles. The summed E-state index contributed by atoms with van der Waals surface area (Å²) >= 11 is 0. The normalized spacial score (nSPS) is 14.0. The van der Waals surface area contributed by atoms with Crippen LogP contribution in [0.5, 0.6) is 0 Å². The number of carbonyl (C=O) groups excluding carboxylic acids is 1. The molecule has 320 valence electrons. The Hall–Kier alpha value is -1.02. The summed E-state index contributed by atoms with van der Waals surface area (Å²) in [5, 5.41) is 0. The fourth-order valence-corrected chi connectivity index (χ4v) is 6.96. The van der Waals surface area contributed by atoms with E-state index in [1.807, 2.05) is 21.1 Å². The highest BCUT2D eigenvalue weighted by Crippen LogP contribution is 2.38. The second-order valence-electron chi connectivity index (χ2n) is 16.4. The van der Waals surface area contributed by atoms with Crippen molar-refractivity contribution in [3.05, 3.63) is 24.3 Å². The highest BCUT2D eigenvalue weighted by atomic mass is 31.2. The topological polar surface area (TPSA) is 94.1 Å². The van der Waals surface area contributed by atoms with Crippen LogP contribution in [-0.2, 0) is 27.9 Å². The Labute approximate surface area is 334 Å². The number of rotatable bonds is 42. The number of hydrogen-bond donors (Lipinski definition) is 0. The lowest BCUT2D eigenvalue weighted by Crippen LogP contribution is -2.37. The van der Waals surface area contributed by atoms with Crippen LogP contribution in [0.1, 0.15) is 200 Å². The molecule has 0 aliphatic rings. The van der Waals surface area contributed by atoms with Crippen molar-refractivity contribution in [3.8, 4) is 0 Å². The van der Waals surface area contributed by atoms with Crippen LogP contribution in [0.3, 0.4) is 0 Å². The van der Waals surface area contributed by atoms with Crippen molar-refractivity contribution in [3.63, 3.8) is 0 Å². The van der Waals surface area contributed by atoms with Gasteiger partial charge in [0.05, 0.1) is 34.4 Å². The Kier molecular flexibility index (Phi) is 38.1. The Morgan fingerprint density at radius 1 is 0.574 bits per heavy atom. The van der Waals surface area contributed by atoms with Crippen LogP contribution in [-0.4, -0.2) is 70.7 Å². The summed E-state index contributed by atoms with van der Waals surface area (Å²) in [4.78, 5) is 25.0. The second-order valence-corrected chi connectivity index (χ2v) is 17.8. The number of esters is 1. The van der Waals surface area contributed by atoms with Crippen LogP contribution in [0.4, 0.5) is 0 Å². The summed E-state index contributed by atoms with van der Waals surface area (Å²) in [6, 6.07) is 0. The average molecular weight is 786 g/mol. The lowest BCUT2D eigenvalue weighted by molar-refractivity contribution is -0.870. The van der Waals surface area contributed by atoms with Gasteiger partial charge < -0.3 is 27.9 Å². The molecule has 0 aromatic heterocycles. The number of allylic oxidation sites excluding steroid dienone is 4. The number of phosphoric ester groups is 1. The molecule has 9 heteroatoms. The van der Waals surface area contributed by atoms with Gasteiger partial charge in [0.2, 0.25) is 0 Å². The van der Waals surface area contributed by atoms with Crippen LogP contribution < -0.4 is 4.89 Å². The highest BCUT2D eigenvalue weighted by Gasteiger charge is 2.20. The van der Waals surface area contributed by atoms with Gasteiger partial charge in [-0.2, -0.15) is 0 Å². The maximum Gasteiger partial charge on any atom is 0.306 e. The first-order valence-corrected chi connectivity index (χ1v) is 24.0. The second kappa shape index (κ2) is 38.8. The smallest absolute Gasteiger partial charge is 0.306 e. The number of hydrogen-bond acceptors (Lipinski definition) is 7. The molecule has 0 aromatic carbocycles. The zero-order valence-electron chi connectivity index (χ0n) is 36.2. The number of quaternary nitrogens is 1. The number of carbonyl (C=O) groups is 1. The quantitative estimate of drug-likeness (QED) is 0.0200.